The second-order valence-corrected chi connectivity index (χ2v) is 4.41. The molecule has 0 fully saturated rings. The molecular formula is C18H16. The minimum absolute atomic E-state index is 1.12. The average Bonchev–Trinajstić information content (AvgIpc) is 2.40. The van der Waals surface area contributed by atoms with E-state index < -0.39 is 0 Å². The molecule has 0 aromatic heterocycles. The van der Waals surface area contributed by atoms with E-state index in [2.05, 4.69) is 55.3 Å². The number of allylic oxidation sites excluding steroid dienone is 2. The van der Waals surface area contributed by atoms with Crippen molar-refractivity contribution in [2.45, 2.75) is 13.8 Å². The van der Waals surface area contributed by atoms with E-state index in [1.54, 1.807) is 0 Å². The Kier molecular flexibility index (Phi) is 3.65. The van der Waals surface area contributed by atoms with Gasteiger partial charge in [-0.05, 0) is 42.2 Å². The highest BCUT2D eigenvalue weighted by Crippen LogP contribution is 2.28. The molecule has 0 spiro atoms. The molecule has 0 aliphatic carbocycles. The second-order valence-electron chi connectivity index (χ2n) is 4.41. The van der Waals surface area contributed by atoms with Gasteiger partial charge >= 0.3 is 0 Å². The molecule has 0 saturated heterocycles. The fourth-order valence-corrected chi connectivity index (χ4v) is 2.01. The van der Waals surface area contributed by atoms with E-state index in [0.29, 0.717) is 0 Å². The van der Waals surface area contributed by atoms with Crippen molar-refractivity contribution in [2.75, 3.05) is 0 Å². The third-order valence-corrected chi connectivity index (χ3v) is 3.01. The van der Waals surface area contributed by atoms with E-state index in [1.165, 1.54) is 22.3 Å². The fourth-order valence-electron chi connectivity index (χ4n) is 2.01. The van der Waals surface area contributed by atoms with Crippen molar-refractivity contribution < 1.29 is 0 Å². The Hall–Kier alpha value is -2.26. The second kappa shape index (κ2) is 5.38. The normalized spacial score (nSPS) is 11.1. The van der Waals surface area contributed by atoms with Gasteiger partial charge in [-0.3, -0.25) is 0 Å². The highest BCUT2D eigenvalue weighted by atomic mass is 14.1. The molecule has 0 heterocycles. The lowest BCUT2D eigenvalue weighted by atomic mass is 9.94. The summed E-state index contributed by atoms with van der Waals surface area (Å²) in [6.07, 6.45) is 7.16. The molecular weight excluding hydrogens is 216 g/mol. The summed E-state index contributed by atoms with van der Waals surface area (Å²) in [7, 11) is 0. The molecule has 0 unspecified atom stereocenters. The van der Waals surface area contributed by atoms with E-state index in [1.807, 2.05) is 19.1 Å². The first-order valence-corrected chi connectivity index (χ1v) is 6.01. The zero-order valence-corrected chi connectivity index (χ0v) is 10.8. The smallest absolute Gasteiger partial charge is 0.00861 e. The van der Waals surface area contributed by atoms with Gasteiger partial charge in [0.2, 0.25) is 0 Å². The van der Waals surface area contributed by atoms with Crippen LogP contribution in [0.5, 0.6) is 0 Å². The van der Waals surface area contributed by atoms with Crippen LogP contribution in [0, 0.1) is 19.3 Å². The zero-order chi connectivity index (χ0) is 13.0. The van der Waals surface area contributed by atoms with Crippen molar-refractivity contribution >= 4 is 5.57 Å². The zero-order valence-electron chi connectivity index (χ0n) is 10.8. The molecule has 0 amide bonds. The molecule has 0 aliphatic heterocycles. The summed E-state index contributed by atoms with van der Waals surface area (Å²) in [5, 5.41) is 0. The van der Waals surface area contributed by atoms with Crippen LogP contribution in [0.15, 0.2) is 54.6 Å². The third-order valence-electron chi connectivity index (χ3n) is 3.01. The summed E-state index contributed by atoms with van der Waals surface area (Å²) >= 11 is 0. The molecule has 18 heavy (non-hydrogen) atoms. The van der Waals surface area contributed by atoms with Crippen LogP contribution < -0.4 is 0 Å². The lowest BCUT2D eigenvalue weighted by molar-refractivity contribution is 1.46. The predicted octanol–water partition coefficient (Wildman–Crippen LogP) is 4.70. The summed E-state index contributed by atoms with van der Waals surface area (Å²) in [4.78, 5) is 0. The minimum atomic E-state index is 1.12. The topological polar surface area (TPSA) is 0 Å². The maximum Gasteiger partial charge on any atom is -0.00861 e. The first kappa shape index (κ1) is 12.2. The number of rotatable bonds is 2. The van der Waals surface area contributed by atoms with Crippen molar-refractivity contribution in [2.24, 2.45) is 0 Å². The molecule has 0 atom stereocenters. The van der Waals surface area contributed by atoms with Crippen molar-refractivity contribution in [1.82, 2.24) is 0 Å². The number of aryl methyl sites for hydroxylation is 1. The highest BCUT2D eigenvalue weighted by Gasteiger charge is 2.05. The van der Waals surface area contributed by atoms with E-state index in [0.717, 1.165) is 5.57 Å². The molecule has 88 valence electrons. The molecule has 2 aromatic rings. The molecule has 0 saturated carbocycles. The van der Waals surface area contributed by atoms with Gasteiger partial charge in [0.1, 0.15) is 0 Å². The van der Waals surface area contributed by atoms with E-state index in [4.69, 9.17) is 6.42 Å². The van der Waals surface area contributed by atoms with Gasteiger partial charge in [0, 0.05) is 0 Å². The highest BCUT2D eigenvalue weighted by molar-refractivity contribution is 5.81. The Morgan fingerprint density at radius 3 is 2.39 bits per heavy atom. The molecule has 0 bridgehead atoms. The van der Waals surface area contributed by atoms with Gasteiger partial charge in [-0.25, -0.2) is 0 Å². The monoisotopic (exact) mass is 232 g/mol. The summed E-state index contributed by atoms with van der Waals surface area (Å²) in [6, 6.07) is 16.9. The molecule has 0 heteroatoms. The first-order valence-electron chi connectivity index (χ1n) is 6.01. The summed E-state index contributed by atoms with van der Waals surface area (Å²) < 4.78 is 0. The van der Waals surface area contributed by atoms with Crippen LogP contribution in [0.4, 0.5) is 0 Å². The Morgan fingerprint density at radius 2 is 1.72 bits per heavy atom. The first-order chi connectivity index (χ1) is 8.72. The van der Waals surface area contributed by atoms with Gasteiger partial charge in [-0.15, -0.1) is 6.42 Å². The van der Waals surface area contributed by atoms with Gasteiger partial charge in [-0.2, -0.15) is 0 Å². The van der Waals surface area contributed by atoms with Crippen LogP contribution in [0.25, 0.3) is 16.7 Å². The lowest BCUT2D eigenvalue weighted by Crippen LogP contribution is -1.87. The van der Waals surface area contributed by atoms with Gasteiger partial charge in [-0.1, -0.05) is 60.0 Å². The Balaban J connectivity index is 2.55. The number of terminal acetylenes is 1. The molecule has 0 N–H and O–H groups in total. The maximum atomic E-state index is 5.35. The van der Waals surface area contributed by atoms with E-state index in [9.17, 15) is 0 Å². The number of benzene rings is 2. The number of hydrogen-bond donors (Lipinski definition) is 0. The van der Waals surface area contributed by atoms with E-state index >= 15 is 0 Å². The van der Waals surface area contributed by atoms with Crippen LogP contribution in [0.1, 0.15) is 18.1 Å². The average molecular weight is 232 g/mol. The SMILES string of the molecule is C#C/C=C(\C)c1ccccc1-c1ccc(C)cc1. The Morgan fingerprint density at radius 1 is 1.06 bits per heavy atom. The van der Waals surface area contributed by atoms with Crippen LogP contribution in [0.2, 0.25) is 0 Å². The molecule has 2 aromatic carbocycles. The van der Waals surface area contributed by atoms with Crippen LogP contribution in [-0.4, -0.2) is 0 Å². The Bertz CT molecular complexity index is 607. The summed E-state index contributed by atoms with van der Waals surface area (Å²) in [5.74, 6) is 2.59. The molecule has 2 rings (SSSR count). The van der Waals surface area contributed by atoms with Gasteiger partial charge < -0.3 is 0 Å². The largest absolute Gasteiger partial charge is 0.115 e. The third kappa shape index (κ3) is 2.52. The van der Waals surface area contributed by atoms with Crippen molar-refractivity contribution in [1.29, 1.82) is 0 Å². The van der Waals surface area contributed by atoms with Crippen molar-refractivity contribution in [3.8, 4) is 23.5 Å². The maximum absolute atomic E-state index is 5.35. The standard InChI is InChI=1S/C18H16/c1-4-7-15(3)17-8-5-6-9-18(17)16-12-10-14(2)11-13-16/h1,5-13H,2-3H3/b15-7+. The van der Waals surface area contributed by atoms with Gasteiger partial charge in [0.05, 0.1) is 0 Å². The minimum Gasteiger partial charge on any atom is -0.115 e. The predicted molar refractivity (Wildman–Crippen MR) is 79.1 cm³/mol. The fraction of sp³-hybridized carbons (Fsp3) is 0.111. The van der Waals surface area contributed by atoms with Crippen molar-refractivity contribution in [3.05, 3.63) is 65.7 Å². The van der Waals surface area contributed by atoms with Crippen LogP contribution in [-0.2, 0) is 0 Å². The summed E-state index contributed by atoms with van der Waals surface area (Å²) in [5.41, 5.74) is 6.03. The van der Waals surface area contributed by atoms with E-state index in [-0.39, 0.29) is 0 Å². The van der Waals surface area contributed by atoms with Crippen LogP contribution >= 0.6 is 0 Å². The molecule has 0 aliphatic rings. The van der Waals surface area contributed by atoms with Crippen LogP contribution in [0.3, 0.4) is 0 Å². The van der Waals surface area contributed by atoms with Gasteiger partial charge in [0.25, 0.3) is 0 Å². The molecule has 0 nitrogen and oxygen atoms in total. The quantitative estimate of drug-likeness (QED) is 0.658. The Labute approximate surface area is 109 Å². The lowest BCUT2D eigenvalue weighted by Gasteiger charge is -2.10. The summed E-state index contributed by atoms with van der Waals surface area (Å²) in [6.45, 7) is 4.14. The van der Waals surface area contributed by atoms with Crippen molar-refractivity contribution in [3.63, 3.8) is 0 Å². The number of hydrogen-bond acceptors (Lipinski definition) is 0. The van der Waals surface area contributed by atoms with Gasteiger partial charge in [0.15, 0.2) is 0 Å². The molecule has 0 radical (unpaired) electrons.